The van der Waals surface area contributed by atoms with Gasteiger partial charge in [0.25, 0.3) is 0 Å². The molecule has 0 unspecified atom stereocenters. The van der Waals surface area contributed by atoms with E-state index in [0.29, 0.717) is 11.6 Å². The van der Waals surface area contributed by atoms with Crippen molar-refractivity contribution < 1.29 is 26.7 Å². The Kier molecular flexibility index (Phi) is 4.83. The van der Waals surface area contributed by atoms with Gasteiger partial charge in [-0.25, -0.2) is 0 Å². The number of alkyl halides is 5. The molecule has 1 aliphatic rings. The van der Waals surface area contributed by atoms with Crippen LogP contribution in [0.2, 0.25) is 0 Å². The molecule has 21 heavy (non-hydrogen) atoms. The van der Waals surface area contributed by atoms with Crippen LogP contribution in [0.4, 0.5) is 22.0 Å². The predicted octanol–water partition coefficient (Wildman–Crippen LogP) is 3.65. The van der Waals surface area contributed by atoms with Crippen molar-refractivity contribution >= 4 is 0 Å². The second-order valence-electron chi connectivity index (χ2n) is 5.17. The van der Waals surface area contributed by atoms with E-state index in [9.17, 15) is 22.0 Å². The van der Waals surface area contributed by atoms with Crippen molar-refractivity contribution in [1.82, 2.24) is 5.32 Å². The quantitative estimate of drug-likeness (QED) is 0.776. The van der Waals surface area contributed by atoms with Crippen molar-refractivity contribution in [3.63, 3.8) is 0 Å². The van der Waals surface area contributed by atoms with E-state index in [1.165, 1.54) is 12.8 Å². The fourth-order valence-electron chi connectivity index (χ4n) is 1.68. The monoisotopic (exact) mass is 309 g/mol. The third kappa shape index (κ3) is 4.93. The maximum atomic E-state index is 12.6. The van der Waals surface area contributed by atoms with Gasteiger partial charge < -0.3 is 10.1 Å². The van der Waals surface area contributed by atoms with E-state index in [-0.39, 0.29) is 6.61 Å². The Morgan fingerprint density at radius 3 is 2.10 bits per heavy atom. The molecule has 0 atom stereocenters. The molecule has 1 aliphatic carbocycles. The molecule has 1 aromatic carbocycles. The highest BCUT2D eigenvalue weighted by Gasteiger charge is 2.57. The van der Waals surface area contributed by atoms with E-state index in [4.69, 9.17) is 0 Å². The standard InChI is InChI=1S/C14H16F5NO/c15-13(16,14(17,18)19)9-21-8-11-3-1-10(2-4-11)7-20-12-5-6-12/h1-4,12,20H,5-9H2. The first kappa shape index (κ1) is 16.2. The van der Waals surface area contributed by atoms with Gasteiger partial charge in [-0.3, -0.25) is 0 Å². The van der Waals surface area contributed by atoms with E-state index >= 15 is 0 Å². The lowest BCUT2D eigenvalue weighted by molar-refractivity contribution is -0.297. The molecule has 0 radical (unpaired) electrons. The van der Waals surface area contributed by atoms with Crippen LogP contribution in [0.25, 0.3) is 0 Å². The summed E-state index contributed by atoms with van der Waals surface area (Å²) in [4.78, 5) is 0. The summed E-state index contributed by atoms with van der Waals surface area (Å²) in [6, 6.07) is 7.51. The third-order valence-corrected chi connectivity index (χ3v) is 3.16. The number of halogens is 5. The number of hydrogen-bond acceptors (Lipinski definition) is 2. The molecule has 1 fully saturated rings. The summed E-state index contributed by atoms with van der Waals surface area (Å²) in [5.74, 6) is -4.82. The van der Waals surface area contributed by atoms with E-state index < -0.39 is 18.7 Å². The SMILES string of the molecule is FC(F)(F)C(F)(F)COCc1ccc(CNC2CC2)cc1. The first-order chi connectivity index (χ1) is 9.78. The lowest BCUT2D eigenvalue weighted by Gasteiger charge is -2.19. The zero-order chi connectivity index (χ0) is 15.5. The molecule has 7 heteroatoms. The van der Waals surface area contributed by atoms with E-state index in [2.05, 4.69) is 10.1 Å². The molecule has 2 nitrogen and oxygen atoms in total. The van der Waals surface area contributed by atoms with Crippen LogP contribution in [-0.4, -0.2) is 24.7 Å². The van der Waals surface area contributed by atoms with Gasteiger partial charge in [0.1, 0.15) is 6.61 Å². The molecule has 0 heterocycles. The molecule has 0 bridgehead atoms. The van der Waals surface area contributed by atoms with Gasteiger partial charge in [-0.05, 0) is 24.0 Å². The van der Waals surface area contributed by atoms with E-state index in [1.807, 2.05) is 0 Å². The zero-order valence-electron chi connectivity index (χ0n) is 11.2. The van der Waals surface area contributed by atoms with Gasteiger partial charge >= 0.3 is 12.1 Å². The Morgan fingerprint density at radius 1 is 1.00 bits per heavy atom. The largest absolute Gasteiger partial charge is 0.455 e. The minimum absolute atomic E-state index is 0.276. The molecular weight excluding hydrogens is 293 g/mol. The average Bonchev–Trinajstić information content (AvgIpc) is 3.20. The van der Waals surface area contributed by atoms with Crippen LogP contribution in [0.15, 0.2) is 24.3 Å². The highest BCUT2D eigenvalue weighted by molar-refractivity contribution is 5.22. The molecule has 118 valence electrons. The van der Waals surface area contributed by atoms with Crippen molar-refractivity contribution in [3.8, 4) is 0 Å². The molecule has 0 aliphatic heterocycles. The van der Waals surface area contributed by atoms with Crippen molar-refractivity contribution in [2.45, 2.75) is 44.1 Å². The number of ether oxygens (including phenoxy) is 1. The highest BCUT2D eigenvalue weighted by atomic mass is 19.4. The number of nitrogens with one attached hydrogen (secondary N) is 1. The van der Waals surface area contributed by atoms with Gasteiger partial charge in [-0.1, -0.05) is 24.3 Å². The van der Waals surface area contributed by atoms with E-state index in [1.54, 1.807) is 24.3 Å². The normalized spacial score (nSPS) is 16.2. The van der Waals surface area contributed by atoms with Crippen LogP contribution >= 0.6 is 0 Å². The molecular formula is C14H16F5NO. The summed E-state index contributed by atoms with van der Waals surface area (Å²) in [6.45, 7) is -1.22. The topological polar surface area (TPSA) is 21.3 Å². The Balaban J connectivity index is 1.75. The summed E-state index contributed by atoms with van der Waals surface area (Å²) >= 11 is 0. The van der Waals surface area contributed by atoms with Crippen molar-refractivity contribution in [3.05, 3.63) is 35.4 Å². The lowest BCUT2D eigenvalue weighted by atomic mass is 10.1. The molecule has 1 aromatic rings. The van der Waals surface area contributed by atoms with Gasteiger partial charge in [0.15, 0.2) is 0 Å². The number of benzene rings is 1. The predicted molar refractivity (Wildman–Crippen MR) is 67.0 cm³/mol. The number of rotatable bonds is 7. The molecule has 0 aromatic heterocycles. The first-order valence-electron chi connectivity index (χ1n) is 6.61. The molecule has 1 N–H and O–H groups in total. The van der Waals surface area contributed by atoms with Gasteiger partial charge in [0.2, 0.25) is 0 Å². The minimum Gasteiger partial charge on any atom is -0.370 e. The number of hydrogen-bond donors (Lipinski definition) is 1. The molecule has 2 rings (SSSR count). The zero-order valence-corrected chi connectivity index (χ0v) is 11.2. The van der Waals surface area contributed by atoms with Crippen LogP contribution in [0, 0.1) is 0 Å². The summed E-state index contributed by atoms with van der Waals surface area (Å²) in [6.07, 6.45) is -3.22. The Bertz CT molecular complexity index is 453. The van der Waals surface area contributed by atoms with Crippen LogP contribution < -0.4 is 5.32 Å². The smallest absolute Gasteiger partial charge is 0.370 e. The van der Waals surface area contributed by atoms with Crippen LogP contribution in [0.3, 0.4) is 0 Å². The molecule has 1 saturated carbocycles. The summed E-state index contributed by atoms with van der Waals surface area (Å²) in [5.41, 5.74) is 1.59. The second-order valence-corrected chi connectivity index (χ2v) is 5.17. The van der Waals surface area contributed by atoms with Gasteiger partial charge in [0, 0.05) is 12.6 Å². The van der Waals surface area contributed by atoms with Crippen LogP contribution in [0.5, 0.6) is 0 Å². The van der Waals surface area contributed by atoms with Crippen molar-refractivity contribution in [2.75, 3.05) is 6.61 Å². The fourth-order valence-corrected chi connectivity index (χ4v) is 1.68. The maximum Gasteiger partial charge on any atom is 0.455 e. The summed E-state index contributed by atoms with van der Waals surface area (Å²) in [7, 11) is 0. The molecule has 0 saturated heterocycles. The van der Waals surface area contributed by atoms with Crippen LogP contribution in [0.1, 0.15) is 24.0 Å². The van der Waals surface area contributed by atoms with E-state index in [0.717, 1.165) is 12.1 Å². The third-order valence-electron chi connectivity index (χ3n) is 3.16. The Morgan fingerprint density at radius 2 is 1.57 bits per heavy atom. The highest BCUT2D eigenvalue weighted by Crippen LogP contribution is 2.35. The Hall–Kier alpha value is -1.21. The van der Waals surface area contributed by atoms with Crippen LogP contribution in [-0.2, 0) is 17.9 Å². The summed E-state index contributed by atoms with van der Waals surface area (Å²) < 4.78 is 65.5. The van der Waals surface area contributed by atoms with Crippen molar-refractivity contribution in [2.24, 2.45) is 0 Å². The first-order valence-corrected chi connectivity index (χ1v) is 6.61. The van der Waals surface area contributed by atoms with Crippen molar-refractivity contribution in [1.29, 1.82) is 0 Å². The maximum absolute atomic E-state index is 12.6. The average molecular weight is 309 g/mol. The molecule has 0 spiro atoms. The second kappa shape index (κ2) is 6.27. The van der Waals surface area contributed by atoms with Gasteiger partial charge in [-0.15, -0.1) is 0 Å². The lowest BCUT2D eigenvalue weighted by Crippen LogP contribution is -2.40. The minimum atomic E-state index is -5.58. The molecule has 0 amide bonds. The Labute approximate surface area is 119 Å². The summed E-state index contributed by atoms with van der Waals surface area (Å²) in [5, 5.41) is 3.32. The van der Waals surface area contributed by atoms with Gasteiger partial charge in [-0.2, -0.15) is 22.0 Å². The van der Waals surface area contributed by atoms with Gasteiger partial charge in [0.05, 0.1) is 6.61 Å². The fraction of sp³-hybridized carbons (Fsp3) is 0.571.